The normalized spacial score (nSPS) is 21.5. The monoisotopic (exact) mass is 451 g/mol. The number of hydrogen-bond donors (Lipinski definition) is 3. The number of nitrogens with one attached hydrogen (secondary N) is 1. The number of hydrogen-bond acceptors (Lipinski definition) is 9. The van der Waals surface area contributed by atoms with Crippen molar-refractivity contribution in [3.8, 4) is 0 Å². The Morgan fingerprint density at radius 1 is 1.53 bits per heavy atom. The number of aliphatic carboxylic acids is 1. The van der Waals surface area contributed by atoms with Crippen LogP contribution >= 0.6 is 23.1 Å². The van der Waals surface area contributed by atoms with Gasteiger partial charge < -0.3 is 21.0 Å². The Hall–Kier alpha value is -2.86. The number of carboxylic acid groups (broad SMARTS) is 1. The number of carbonyl (C=O) groups excluding carboxylic acids is 2. The second-order valence-electron chi connectivity index (χ2n) is 6.41. The predicted octanol–water partition coefficient (Wildman–Crippen LogP) is 1.52. The van der Waals surface area contributed by atoms with Gasteiger partial charge in [-0.1, -0.05) is 30.7 Å². The second kappa shape index (κ2) is 9.30. The van der Waals surface area contributed by atoms with Gasteiger partial charge in [-0.15, -0.1) is 23.1 Å². The standard InChI is InChI=1S/C18H21N5O5S2/c1-3-4-5-6-9-14(17(26)27)23-11(24)7-12(23)30-16(9)21-15(25)13(22-28-2)10-8-29-18(19)20-10/h5-6,8,12,16H,3-4,7H2,1-2H3,(H2,19,20)(H,21,25)(H,26,27)/t12-,16+/m1/s1. The quantitative estimate of drug-likeness (QED) is 0.306. The van der Waals surface area contributed by atoms with E-state index in [4.69, 9.17) is 10.6 Å². The van der Waals surface area contributed by atoms with E-state index in [0.717, 1.165) is 24.2 Å². The molecule has 0 bridgehead atoms. The molecule has 12 heteroatoms. The summed E-state index contributed by atoms with van der Waals surface area (Å²) >= 11 is 2.45. The lowest BCUT2D eigenvalue weighted by molar-refractivity contribution is -0.146. The summed E-state index contributed by atoms with van der Waals surface area (Å²) in [6.07, 6.45) is 5.29. The predicted molar refractivity (Wildman–Crippen MR) is 114 cm³/mol. The lowest BCUT2D eigenvalue weighted by atomic mass is 10.1. The van der Waals surface area contributed by atoms with Crippen LogP contribution in [-0.2, 0) is 19.2 Å². The van der Waals surface area contributed by atoms with Crippen molar-refractivity contribution in [3.63, 3.8) is 0 Å². The summed E-state index contributed by atoms with van der Waals surface area (Å²) in [6.45, 7) is 1.99. The molecule has 0 aliphatic carbocycles. The minimum absolute atomic E-state index is 0.0769. The van der Waals surface area contributed by atoms with Crippen molar-refractivity contribution in [2.75, 3.05) is 12.8 Å². The molecule has 1 fully saturated rings. The van der Waals surface area contributed by atoms with E-state index in [0.29, 0.717) is 5.57 Å². The molecule has 2 amide bonds. The molecule has 0 aromatic carbocycles. The fourth-order valence-corrected chi connectivity index (χ4v) is 4.98. The van der Waals surface area contributed by atoms with Crippen LogP contribution in [0.3, 0.4) is 0 Å². The molecule has 2 atom stereocenters. The molecule has 0 radical (unpaired) electrons. The summed E-state index contributed by atoms with van der Waals surface area (Å²) in [6, 6.07) is 0. The van der Waals surface area contributed by atoms with Crippen LogP contribution in [0.4, 0.5) is 5.13 Å². The zero-order valence-corrected chi connectivity index (χ0v) is 18.0. The molecule has 3 heterocycles. The van der Waals surface area contributed by atoms with E-state index in [-0.39, 0.29) is 39.9 Å². The van der Waals surface area contributed by atoms with Gasteiger partial charge in [0.25, 0.3) is 5.91 Å². The number of fused-ring (bicyclic) bond motifs is 1. The zero-order chi connectivity index (χ0) is 21.8. The number of anilines is 1. The number of thioether (sulfide) groups is 1. The van der Waals surface area contributed by atoms with Gasteiger partial charge in [0.05, 0.1) is 11.8 Å². The van der Waals surface area contributed by atoms with Crippen molar-refractivity contribution in [2.45, 2.75) is 36.9 Å². The third kappa shape index (κ3) is 4.33. The highest BCUT2D eigenvalue weighted by Gasteiger charge is 2.48. The van der Waals surface area contributed by atoms with E-state index in [2.05, 4.69) is 15.5 Å². The van der Waals surface area contributed by atoms with Gasteiger partial charge in [0.15, 0.2) is 10.8 Å². The average Bonchev–Trinajstić information content (AvgIpc) is 3.12. The number of nitrogen functional groups attached to an aromatic ring is 1. The molecule has 2 aliphatic heterocycles. The van der Waals surface area contributed by atoms with Crippen LogP contribution in [-0.4, -0.2) is 56.3 Å². The van der Waals surface area contributed by atoms with Gasteiger partial charge in [0.1, 0.15) is 23.9 Å². The molecule has 0 unspecified atom stereocenters. The Morgan fingerprint density at radius 3 is 2.87 bits per heavy atom. The third-order valence-electron chi connectivity index (χ3n) is 4.38. The lowest BCUT2D eigenvalue weighted by Gasteiger charge is -2.46. The molecule has 1 aromatic rings. The maximum atomic E-state index is 12.9. The summed E-state index contributed by atoms with van der Waals surface area (Å²) < 4.78 is 0. The smallest absolute Gasteiger partial charge is 0.353 e. The first kappa shape index (κ1) is 21.8. The van der Waals surface area contributed by atoms with Gasteiger partial charge in [-0.3, -0.25) is 14.5 Å². The summed E-state index contributed by atoms with van der Waals surface area (Å²) in [4.78, 5) is 47.0. The Balaban J connectivity index is 1.94. The molecule has 1 aromatic heterocycles. The van der Waals surface area contributed by atoms with Crippen molar-refractivity contribution >= 4 is 51.7 Å². The van der Waals surface area contributed by atoms with E-state index < -0.39 is 17.3 Å². The minimum Gasteiger partial charge on any atom is -0.477 e. The highest BCUT2D eigenvalue weighted by Crippen LogP contribution is 2.43. The van der Waals surface area contributed by atoms with Gasteiger partial charge in [-0.2, -0.15) is 0 Å². The number of unbranched alkanes of at least 4 members (excludes halogenated alkanes) is 1. The van der Waals surface area contributed by atoms with E-state index in [9.17, 15) is 19.5 Å². The molecule has 1 saturated heterocycles. The van der Waals surface area contributed by atoms with Gasteiger partial charge in [0, 0.05) is 11.0 Å². The number of aromatic nitrogens is 1. The summed E-state index contributed by atoms with van der Waals surface area (Å²) in [5, 5.41) is 17.1. The van der Waals surface area contributed by atoms with Crippen LogP contribution in [0.5, 0.6) is 0 Å². The molecule has 160 valence electrons. The second-order valence-corrected chi connectivity index (χ2v) is 8.58. The summed E-state index contributed by atoms with van der Waals surface area (Å²) in [5.41, 5.74) is 6.05. The first-order valence-corrected chi connectivity index (χ1v) is 10.9. The number of carbonyl (C=O) groups is 3. The number of rotatable bonds is 8. The van der Waals surface area contributed by atoms with Gasteiger partial charge >= 0.3 is 5.97 Å². The summed E-state index contributed by atoms with van der Waals surface area (Å²) in [7, 11) is 1.30. The zero-order valence-electron chi connectivity index (χ0n) is 16.3. The minimum atomic E-state index is -1.22. The first-order valence-electron chi connectivity index (χ1n) is 9.12. The first-order chi connectivity index (χ1) is 14.4. The SMILES string of the molecule is CCCC=CC1=C(C(=O)O)N2C(=O)C[C@H]2S[C@@H]1NC(=O)C(=NOC)c1csc(N)n1. The molecule has 0 saturated carbocycles. The van der Waals surface area contributed by atoms with Gasteiger partial charge in [-0.25, -0.2) is 9.78 Å². The van der Waals surface area contributed by atoms with Crippen molar-refractivity contribution in [1.82, 2.24) is 15.2 Å². The maximum Gasteiger partial charge on any atom is 0.353 e. The fourth-order valence-electron chi connectivity index (χ4n) is 3.02. The van der Waals surface area contributed by atoms with E-state index in [1.807, 2.05) is 13.0 Å². The third-order valence-corrected chi connectivity index (χ3v) is 6.39. The summed E-state index contributed by atoms with van der Waals surface area (Å²) in [5.74, 6) is -2.07. The Morgan fingerprint density at radius 2 is 2.30 bits per heavy atom. The van der Waals surface area contributed by atoms with Gasteiger partial charge in [0.2, 0.25) is 5.91 Å². The maximum absolute atomic E-state index is 12.9. The molecule has 30 heavy (non-hydrogen) atoms. The van der Waals surface area contributed by atoms with Crippen LogP contribution in [0.1, 0.15) is 31.9 Å². The number of nitrogens with two attached hydrogens (primary N) is 1. The van der Waals surface area contributed by atoms with Crippen molar-refractivity contribution in [1.29, 1.82) is 0 Å². The highest BCUT2D eigenvalue weighted by molar-refractivity contribution is 8.00. The largest absolute Gasteiger partial charge is 0.477 e. The number of thiazole rings is 1. The molecule has 2 aliphatic rings. The molecular formula is C18H21N5O5S2. The number of oxime groups is 1. The van der Waals surface area contributed by atoms with Crippen molar-refractivity contribution in [3.05, 3.63) is 34.5 Å². The Kier molecular flexibility index (Phi) is 6.77. The topological polar surface area (TPSA) is 147 Å². The number of carboxylic acids is 1. The number of β-lactam (4-membered cyclic amide) rings is 1. The van der Waals surface area contributed by atoms with Crippen LogP contribution < -0.4 is 11.1 Å². The average molecular weight is 452 g/mol. The number of amides is 2. The number of allylic oxidation sites excluding steroid dienone is 1. The van der Waals surface area contributed by atoms with Crippen LogP contribution in [0.15, 0.2) is 34.0 Å². The Labute approximate surface area is 180 Å². The van der Waals surface area contributed by atoms with Crippen molar-refractivity contribution in [2.24, 2.45) is 5.16 Å². The molecule has 3 rings (SSSR count). The van der Waals surface area contributed by atoms with Crippen molar-refractivity contribution < 1.29 is 24.3 Å². The van der Waals surface area contributed by atoms with E-state index in [1.165, 1.54) is 23.8 Å². The molecule has 10 nitrogen and oxygen atoms in total. The fraction of sp³-hybridized carbons (Fsp3) is 0.389. The van der Waals surface area contributed by atoms with Crippen LogP contribution in [0.25, 0.3) is 0 Å². The number of nitrogens with zero attached hydrogens (tertiary/aromatic N) is 3. The lowest BCUT2D eigenvalue weighted by Crippen LogP contribution is -2.57. The van der Waals surface area contributed by atoms with Crippen LogP contribution in [0.2, 0.25) is 0 Å². The molecular weight excluding hydrogens is 430 g/mol. The van der Waals surface area contributed by atoms with Gasteiger partial charge in [-0.05, 0) is 6.42 Å². The Bertz CT molecular complexity index is 955. The molecule has 4 N–H and O–H groups in total. The van der Waals surface area contributed by atoms with E-state index >= 15 is 0 Å². The highest BCUT2D eigenvalue weighted by atomic mass is 32.2. The molecule has 0 spiro atoms. The van der Waals surface area contributed by atoms with Crippen LogP contribution in [0, 0.1) is 0 Å². The van der Waals surface area contributed by atoms with E-state index in [1.54, 1.807) is 11.5 Å².